The molecule has 65 nitrogen and oxygen atoms in total. The van der Waals surface area contributed by atoms with Crippen molar-refractivity contribution in [2.45, 2.75) is 350 Å². The number of rotatable bonds is 40. The quantitative estimate of drug-likeness (QED) is 0.0253. The highest BCUT2D eigenvalue weighted by Crippen LogP contribution is 2.51. The minimum Gasteiger partial charge on any atom is -0.477 e. The summed E-state index contributed by atoms with van der Waals surface area (Å²) in [6.45, 7) is -12.1. The van der Waals surface area contributed by atoms with E-state index in [1.165, 1.54) is 0 Å². The number of ether oxygens (including phenoxy) is 19. The van der Waals surface area contributed by atoms with Crippen molar-refractivity contribution >= 4 is 33.6 Å². The first-order valence-electron chi connectivity index (χ1n) is 41.4. The van der Waals surface area contributed by atoms with Crippen molar-refractivity contribution in [2.75, 3.05) is 59.5 Å². The summed E-state index contributed by atoms with van der Waals surface area (Å²) in [5, 5.41) is 389. The number of aliphatic carboxylic acids is 3. The summed E-state index contributed by atoms with van der Waals surface area (Å²) >= 11 is 0. The van der Waals surface area contributed by atoms with Crippen LogP contribution in [0.15, 0.2) is 0 Å². The topological polar surface area (TPSA) is 1070 Å². The molecule has 0 saturated carbocycles. The van der Waals surface area contributed by atoms with Gasteiger partial charge in [0.15, 0.2) is 44.0 Å². The van der Waals surface area contributed by atoms with E-state index in [9.17, 15) is 222 Å². The Morgan fingerprint density at radius 1 is 0.331 bits per heavy atom. The highest BCUT2D eigenvalue weighted by Gasteiger charge is 2.68. The number of aliphatic hydroxyl groups excluding tert-OH is 31. The van der Waals surface area contributed by atoms with Gasteiger partial charge >= 0.3 is 33.6 Å². The van der Waals surface area contributed by atoms with Crippen LogP contribution >= 0.6 is 15.6 Å². The minimum absolute atomic E-state index is 1.06. The van der Waals surface area contributed by atoms with Crippen LogP contribution < -0.4 is 0 Å². The number of hydrogen-bond acceptors (Lipinski definition) is 58. The van der Waals surface area contributed by atoms with Gasteiger partial charge < -0.3 is 288 Å². The smallest absolute Gasteiger partial charge is 0.470 e. The second-order valence-electron chi connectivity index (χ2n) is 33.5. The van der Waals surface area contributed by atoms with Crippen molar-refractivity contribution in [1.29, 1.82) is 0 Å². The molecule has 10 fully saturated rings. The Morgan fingerprint density at radius 2 is 0.676 bits per heavy atom. The normalized spacial score (nSPS) is 47.7. The fourth-order valence-corrected chi connectivity index (χ4v) is 17.9. The Labute approximate surface area is 761 Å². The van der Waals surface area contributed by atoms with Crippen LogP contribution in [-0.4, -0.2) is 600 Å². The van der Waals surface area contributed by atoms with Crippen LogP contribution in [-0.2, 0) is 123 Å². The predicted molar refractivity (Wildman–Crippen MR) is 402 cm³/mol. The van der Waals surface area contributed by atoms with E-state index in [1.807, 2.05) is 0 Å². The largest absolute Gasteiger partial charge is 0.477 e. The summed E-state index contributed by atoms with van der Waals surface area (Å²) in [6, 6.07) is 0. The highest BCUT2D eigenvalue weighted by atomic mass is 31.2. The number of carboxylic acids is 3. The SMILES string of the molecule is C[C@@H]1O[C@@H](O[C@H]2[C@@H]([C@H](O)CO)O[C@@](O[C@@H]3C[C@](O)(C(=O)O)O[C@H]([C@H](O)CO)[C@@H]3O[C@H]3O[C@H]([C@@H](O)CO)[C@@H](OP(=O)(O)O)[C@H](O[C@H]4O[C@H]([C@@H](O)CO[C@H]5O[C@H]([C@@H](O)CO)[C@@H](O)[C@H](O)[C@@H]5O)[C@@H](OP(=O)(O)O)[C@H](O[C@H]5O[C@H](CO[C@H]6O[C@H](CO)[C@H](O)[C@H](O)[C@H]6O)[C@@H](O)[C@H](O[C@H]6O[C@H](CO)[C@@H](O)[C@H](O)[C@H]6O)[C@H]5O)[C@@H]4O)[C@@H]3O)(C(=O)O)C[C@H]2O[C@]2(C(=O)O)C[C@@H](O)[C@@H](O)[C@@H]([C@H](O)CO)O2)[C@H](O)[C@H](O)[C@H]1O. The molecule has 0 unspecified atom stereocenters. The van der Waals surface area contributed by atoms with Gasteiger partial charge in [-0.15, -0.1) is 0 Å². The maximum absolute atomic E-state index is 14.6. The number of aliphatic hydroxyl groups is 32. The highest BCUT2D eigenvalue weighted by molar-refractivity contribution is 7.46. The maximum Gasteiger partial charge on any atom is 0.470 e. The van der Waals surface area contributed by atoms with Crippen molar-refractivity contribution in [3.63, 3.8) is 0 Å². The molecule has 10 aliphatic rings. The average molecular weight is 2050 g/mol. The third-order valence-corrected chi connectivity index (χ3v) is 25.1. The summed E-state index contributed by atoms with van der Waals surface area (Å²) in [7, 11) is -12.9. The zero-order valence-corrected chi connectivity index (χ0v) is 72.1. The van der Waals surface area contributed by atoms with Gasteiger partial charge in [0.1, 0.15) is 238 Å². The average Bonchev–Trinajstić information content (AvgIpc) is 0.736. The van der Waals surface area contributed by atoms with Crippen molar-refractivity contribution in [3.8, 4) is 0 Å². The van der Waals surface area contributed by atoms with Crippen LogP contribution in [0.25, 0.3) is 0 Å². The fraction of sp³-hybridized carbons (Fsp3) is 0.957. The van der Waals surface area contributed by atoms with E-state index >= 15 is 0 Å². The van der Waals surface area contributed by atoms with Crippen LogP contribution in [0.2, 0.25) is 0 Å². The van der Waals surface area contributed by atoms with Crippen molar-refractivity contribution in [1.82, 2.24) is 0 Å². The molecule has 10 aliphatic heterocycles. The summed E-state index contributed by atoms with van der Waals surface area (Å²) in [5.41, 5.74) is 0. The molecule has 67 heteroatoms. The van der Waals surface area contributed by atoms with Gasteiger partial charge in [-0.25, -0.2) is 23.5 Å². The number of phosphoric ester groups is 2. The van der Waals surface area contributed by atoms with E-state index in [4.69, 9.17) is 99.0 Å². The lowest BCUT2D eigenvalue weighted by Crippen LogP contribution is -2.71. The van der Waals surface area contributed by atoms with Crippen LogP contribution in [0, 0.1) is 0 Å². The van der Waals surface area contributed by atoms with Gasteiger partial charge in [0, 0.05) is 19.3 Å². The Bertz CT molecular complexity index is 3890. The van der Waals surface area contributed by atoms with Crippen molar-refractivity contribution in [2.24, 2.45) is 0 Å². The second kappa shape index (κ2) is 47.0. The predicted octanol–water partition coefficient (Wildman–Crippen LogP) is -23.9. The van der Waals surface area contributed by atoms with Gasteiger partial charge in [0.05, 0.1) is 83.9 Å². The van der Waals surface area contributed by atoms with Gasteiger partial charge in [-0.05, 0) is 6.92 Å². The zero-order valence-electron chi connectivity index (χ0n) is 70.3. The number of carboxylic acid groups (broad SMARTS) is 3. The van der Waals surface area contributed by atoms with Crippen molar-refractivity contribution < 1.29 is 321 Å². The van der Waals surface area contributed by atoms with Gasteiger partial charge in [0.25, 0.3) is 17.4 Å². The molecule has 39 N–H and O–H groups in total. The molecule has 10 saturated heterocycles. The Balaban J connectivity index is 1.11. The molecule has 0 aliphatic carbocycles. The van der Waals surface area contributed by atoms with Gasteiger partial charge in [0.2, 0.25) is 0 Å². The van der Waals surface area contributed by atoms with E-state index in [1.54, 1.807) is 0 Å². The molecule has 0 amide bonds. The van der Waals surface area contributed by atoms with Crippen LogP contribution in [0.4, 0.5) is 0 Å². The van der Waals surface area contributed by atoms with Crippen LogP contribution in [0.3, 0.4) is 0 Å². The summed E-state index contributed by atoms with van der Waals surface area (Å²) in [5.74, 6) is -19.4. The first-order valence-corrected chi connectivity index (χ1v) is 44.5. The number of hydrogen-bond donors (Lipinski definition) is 39. The third kappa shape index (κ3) is 24.9. The molecule has 792 valence electrons. The molecule has 10 rings (SSSR count). The molecule has 0 aromatic carbocycles. The van der Waals surface area contributed by atoms with Gasteiger partial charge in [-0.3, -0.25) is 9.05 Å². The van der Waals surface area contributed by atoms with E-state index < -0.39 is 436 Å². The second-order valence-corrected chi connectivity index (χ2v) is 35.9. The zero-order chi connectivity index (χ0) is 101. The molecule has 0 radical (unpaired) electrons. The molecular formula is C69H116O65P2. The fourth-order valence-electron chi connectivity index (χ4n) is 16.8. The summed E-state index contributed by atoms with van der Waals surface area (Å²) in [4.78, 5) is 84.4. The number of phosphoric acid groups is 2. The van der Waals surface area contributed by atoms with Crippen molar-refractivity contribution in [3.05, 3.63) is 0 Å². The molecule has 0 aromatic heterocycles. The van der Waals surface area contributed by atoms with E-state index in [0.717, 1.165) is 6.92 Å². The van der Waals surface area contributed by atoms with E-state index in [0.29, 0.717) is 0 Å². The van der Waals surface area contributed by atoms with E-state index in [-0.39, 0.29) is 0 Å². The summed E-state index contributed by atoms with van der Waals surface area (Å²) < 4.78 is 146. The maximum atomic E-state index is 14.6. The lowest BCUT2D eigenvalue weighted by atomic mass is 9.88. The van der Waals surface area contributed by atoms with Gasteiger partial charge in [-0.2, -0.15) is 0 Å². The van der Waals surface area contributed by atoms with Crippen LogP contribution in [0.1, 0.15) is 26.2 Å². The van der Waals surface area contributed by atoms with Crippen LogP contribution in [0.5, 0.6) is 0 Å². The first-order chi connectivity index (χ1) is 63.5. The summed E-state index contributed by atoms with van der Waals surface area (Å²) in [6.07, 6.45) is -135. The molecule has 136 heavy (non-hydrogen) atoms. The minimum atomic E-state index is -6.45. The number of carbonyl (C=O) groups is 3. The lowest BCUT2D eigenvalue weighted by Gasteiger charge is -2.54. The molecule has 0 aromatic rings. The first kappa shape index (κ1) is 115. The Morgan fingerprint density at radius 3 is 1.14 bits per heavy atom. The van der Waals surface area contributed by atoms with E-state index in [2.05, 4.69) is 0 Å². The van der Waals surface area contributed by atoms with Gasteiger partial charge in [-0.1, -0.05) is 0 Å². The standard InChI is InChI=1S/C69H116O65P2/c1-14-27(84)32(89)39(96)59(116-14)123-51-23(129-68(65(103)104)2-15(77)28(85)45(131-68)17(79)6-71)4-69(66(105)106,132-49(51)20(82)9-74)128-22-3-67(107,64(101)102)130-48(19(81)8-73)50(22)124-62-42(99)53(55(133-135(108,109)110)46(121-62)18(80)7-72)127-63-43(100)54(56(134-136(111,112)113)47(122-63)21(83)12-114-58-38(95)35(92)36(93)44(120-58)16(78)5-70)126-61-41(98)52(125-60-40(97)34(91)30(87)25(11-76)118-60)31(88)26(119-61)13-115-57-37(94)33(90)29(86)24(10-75)117-57/h14-63,70-100,107H,2-13H2,1H3,(H,101,102)(H,103,104)(H,105,106)(H2,108,109,110)(H2,111,112,113)/t14-,15+,16-,17+,18-,19+,20+,21-,22+,23+,24+,25+,26+,27-,28+,29-,30+,31+,32+,33-,34-,35-,36-,37+,38-,39+,40+,41+,42-,43-,44+,45+,46+,47+,48+,49+,50+,51+,52-,53+,54+,55+,56+,57-,58-,59-,60+,61+,62+,63+,67+,68+,69+/m0/s1. The molecule has 10 heterocycles. The lowest BCUT2D eigenvalue weighted by molar-refractivity contribution is -0.417. The monoisotopic (exact) mass is 2050 g/mol. The molecule has 53 atom stereocenters. The molecule has 0 spiro atoms. The third-order valence-electron chi connectivity index (χ3n) is 24.1. The molecular weight excluding hydrogens is 1930 g/mol. The Hall–Kier alpha value is -3.41. The Kier molecular flexibility index (Phi) is 39.5. The molecule has 0 bridgehead atoms.